The molecule has 0 amide bonds. The van der Waals surface area contributed by atoms with Crippen molar-refractivity contribution in [3.8, 4) is 0 Å². The van der Waals surface area contributed by atoms with Crippen molar-refractivity contribution in [2.45, 2.75) is 13.5 Å². The van der Waals surface area contributed by atoms with E-state index in [2.05, 4.69) is 0 Å². The minimum absolute atomic E-state index is 0.0248. The second-order valence-corrected chi connectivity index (χ2v) is 4.33. The van der Waals surface area contributed by atoms with Crippen LogP contribution in [0.1, 0.15) is 21.6 Å². The van der Waals surface area contributed by atoms with Crippen molar-refractivity contribution in [1.29, 1.82) is 0 Å². The van der Waals surface area contributed by atoms with Crippen molar-refractivity contribution in [2.75, 3.05) is 0 Å². The van der Waals surface area contributed by atoms with Crippen LogP contribution < -0.4 is 5.56 Å². The smallest absolute Gasteiger partial charge is 0.341 e. The molecule has 1 heterocycles. The van der Waals surface area contributed by atoms with Gasteiger partial charge in [-0.1, -0.05) is 6.07 Å². The van der Waals surface area contributed by atoms with Gasteiger partial charge in [0.05, 0.1) is 6.54 Å². The molecular weight excluding hydrogens is 268 g/mol. The van der Waals surface area contributed by atoms with E-state index in [-0.39, 0.29) is 12.1 Å². The van der Waals surface area contributed by atoms with Gasteiger partial charge in [-0.2, -0.15) is 0 Å². The van der Waals surface area contributed by atoms with Crippen LogP contribution in [0.5, 0.6) is 0 Å². The lowest BCUT2D eigenvalue weighted by molar-refractivity contribution is 0.0694. The molecule has 0 atom stereocenters. The lowest BCUT2D eigenvalue weighted by atomic mass is 10.2. The highest BCUT2D eigenvalue weighted by Crippen LogP contribution is 2.10. The molecule has 1 aromatic heterocycles. The second kappa shape index (κ2) is 5.24. The van der Waals surface area contributed by atoms with Gasteiger partial charge < -0.3 is 9.67 Å². The van der Waals surface area contributed by atoms with E-state index < -0.39 is 23.2 Å². The summed E-state index contributed by atoms with van der Waals surface area (Å²) >= 11 is 0. The van der Waals surface area contributed by atoms with Gasteiger partial charge in [0.2, 0.25) is 0 Å². The average molecular weight is 279 g/mol. The third-order valence-corrected chi connectivity index (χ3v) is 2.95. The molecule has 0 spiro atoms. The van der Waals surface area contributed by atoms with Crippen LogP contribution in [0.15, 0.2) is 35.1 Å². The van der Waals surface area contributed by atoms with E-state index in [1.807, 2.05) is 0 Å². The Morgan fingerprint density at radius 3 is 2.50 bits per heavy atom. The maximum Gasteiger partial charge on any atom is 0.341 e. The highest BCUT2D eigenvalue weighted by atomic mass is 19.2. The summed E-state index contributed by atoms with van der Waals surface area (Å²) in [6, 6.07) is 6.00. The lowest BCUT2D eigenvalue weighted by Crippen LogP contribution is -2.28. The predicted molar refractivity (Wildman–Crippen MR) is 67.9 cm³/mol. The van der Waals surface area contributed by atoms with Crippen LogP contribution in [0.3, 0.4) is 0 Å². The first kappa shape index (κ1) is 13.9. The molecule has 0 bridgehead atoms. The number of halogens is 2. The van der Waals surface area contributed by atoms with E-state index >= 15 is 0 Å². The monoisotopic (exact) mass is 279 g/mol. The van der Waals surface area contributed by atoms with Crippen LogP contribution in [0.25, 0.3) is 0 Å². The van der Waals surface area contributed by atoms with Crippen molar-refractivity contribution in [3.63, 3.8) is 0 Å². The summed E-state index contributed by atoms with van der Waals surface area (Å²) in [6.45, 7) is 1.61. The number of carboxylic acids is 1. The normalized spacial score (nSPS) is 10.6. The highest BCUT2D eigenvalue weighted by Gasteiger charge is 2.13. The zero-order chi connectivity index (χ0) is 14.9. The summed E-state index contributed by atoms with van der Waals surface area (Å²) in [5, 5.41) is 8.90. The number of carboxylic acid groups (broad SMARTS) is 1. The molecule has 0 radical (unpaired) electrons. The van der Waals surface area contributed by atoms with Gasteiger partial charge >= 0.3 is 5.97 Å². The molecule has 2 aromatic rings. The molecule has 0 saturated heterocycles. The average Bonchev–Trinajstić information content (AvgIpc) is 2.38. The van der Waals surface area contributed by atoms with Crippen LogP contribution in [0, 0.1) is 18.6 Å². The molecule has 1 N–H and O–H groups in total. The number of pyridine rings is 1. The summed E-state index contributed by atoms with van der Waals surface area (Å²) in [5.74, 6) is -3.31. The van der Waals surface area contributed by atoms with Gasteiger partial charge in [0, 0.05) is 5.69 Å². The van der Waals surface area contributed by atoms with E-state index in [9.17, 15) is 18.4 Å². The molecule has 104 valence electrons. The molecule has 0 unspecified atom stereocenters. The molecular formula is C14H11F2NO3. The fourth-order valence-electron chi connectivity index (χ4n) is 1.85. The SMILES string of the molecule is Cc1ccc(C(=O)O)c(=O)n1Cc1ccc(F)c(F)c1. The van der Waals surface area contributed by atoms with Gasteiger partial charge in [0.1, 0.15) is 5.56 Å². The van der Waals surface area contributed by atoms with Crippen molar-refractivity contribution in [2.24, 2.45) is 0 Å². The number of aromatic nitrogens is 1. The van der Waals surface area contributed by atoms with Gasteiger partial charge in [-0.25, -0.2) is 13.6 Å². The summed E-state index contributed by atoms with van der Waals surface area (Å²) in [6.07, 6.45) is 0. The Hall–Kier alpha value is -2.50. The highest BCUT2D eigenvalue weighted by molar-refractivity contribution is 5.87. The van der Waals surface area contributed by atoms with E-state index in [0.717, 1.165) is 12.1 Å². The van der Waals surface area contributed by atoms with Crippen LogP contribution in [0.4, 0.5) is 8.78 Å². The number of carbonyl (C=O) groups is 1. The van der Waals surface area contributed by atoms with Crippen molar-refractivity contribution >= 4 is 5.97 Å². The van der Waals surface area contributed by atoms with Crippen molar-refractivity contribution in [1.82, 2.24) is 4.57 Å². The third kappa shape index (κ3) is 2.59. The first-order valence-corrected chi connectivity index (χ1v) is 5.78. The Morgan fingerprint density at radius 1 is 1.20 bits per heavy atom. The van der Waals surface area contributed by atoms with Gasteiger partial charge in [-0.3, -0.25) is 4.79 Å². The molecule has 0 aliphatic carbocycles. The largest absolute Gasteiger partial charge is 0.477 e. The molecule has 0 aliphatic heterocycles. The Labute approximate surface area is 112 Å². The number of aromatic carboxylic acids is 1. The molecule has 0 aliphatic rings. The first-order chi connectivity index (χ1) is 9.40. The maximum absolute atomic E-state index is 13.1. The number of hydrogen-bond acceptors (Lipinski definition) is 2. The molecule has 6 heteroatoms. The van der Waals surface area contributed by atoms with Gasteiger partial charge in [0.15, 0.2) is 11.6 Å². The number of hydrogen-bond donors (Lipinski definition) is 1. The fraction of sp³-hybridized carbons (Fsp3) is 0.143. The third-order valence-electron chi connectivity index (χ3n) is 2.95. The topological polar surface area (TPSA) is 59.3 Å². The molecule has 0 fully saturated rings. The second-order valence-electron chi connectivity index (χ2n) is 4.33. The maximum atomic E-state index is 13.1. The minimum atomic E-state index is -1.32. The molecule has 0 saturated carbocycles. The predicted octanol–water partition coefficient (Wildman–Crippen LogP) is 2.18. The lowest BCUT2D eigenvalue weighted by Gasteiger charge is -2.11. The fourth-order valence-corrected chi connectivity index (χ4v) is 1.85. The summed E-state index contributed by atoms with van der Waals surface area (Å²) in [4.78, 5) is 22.9. The Bertz CT molecular complexity index is 738. The van der Waals surface area contributed by atoms with E-state index in [0.29, 0.717) is 11.3 Å². The summed E-state index contributed by atoms with van der Waals surface area (Å²) in [5.41, 5.74) is -0.137. The Morgan fingerprint density at radius 2 is 1.90 bits per heavy atom. The van der Waals surface area contributed by atoms with Crippen LogP contribution in [0.2, 0.25) is 0 Å². The quantitative estimate of drug-likeness (QED) is 0.936. The van der Waals surface area contributed by atoms with Crippen LogP contribution >= 0.6 is 0 Å². The first-order valence-electron chi connectivity index (χ1n) is 5.78. The minimum Gasteiger partial charge on any atom is -0.477 e. The Kier molecular flexibility index (Phi) is 3.65. The standard InChI is InChI=1S/C14H11F2NO3/c1-8-2-4-10(14(19)20)13(18)17(8)7-9-3-5-11(15)12(16)6-9/h2-6H,7H2,1H3,(H,19,20). The zero-order valence-electron chi connectivity index (χ0n) is 10.6. The summed E-state index contributed by atoms with van der Waals surface area (Å²) < 4.78 is 27.2. The van der Waals surface area contributed by atoms with Gasteiger partial charge in [0.25, 0.3) is 5.56 Å². The van der Waals surface area contributed by atoms with E-state index in [1.165, 1.54) is 22.8 Å². The molecule has 4 nitrogen and oxygen atoms in total. The number of nitrogens with zero attached hydrogens (tertiary/aromatic N) is 1. The Balaban J connectivity index is 2.48. The molecule has 20 heavy (non-hydrogen) atoms. The molecule has 1 aromatic carbocycles. The molecule has 2 rings (SSSR count). The number of benzene rings is 1. The van der Waals surface area contributed by atoms with Gasteiger partial charge in [-0.05, 0) is 36.8 Å². The van der Waals surface area contributed by atoms with Crippen LogP contribution in [-0.2, 0) is 6.54 Å². The van der Waals surface area contributed by atoms with Crippen molar-refractivity contribution in [3.05, 3.63) is 69.1 Å². The number of aryl methyl sites for hydroxylation is 1. The van der Waals surface area contributed by atoms with Gasteiger partial charge in [-0.15, -0.1) is 0 Å². The van der Waals surface area contributed by atoms with E-state index in [1.54, 1.807) is 6.92 Å². The van der Waals surface area contributed by atoms with Crippen molar-refractivity contribution < 1.29 is 18.7 Å². The summed E-state index contributed by atoms with van der Waals surface area (Å²) in [7, 11) is 0. The number of rotatable bonds is 3. The van der Waals surface area contributed by atoms with Crippen LogP contribution in [-0.4, -0.2) is 15.6 Å². The zero-order valence-corrected chi connectivity index (χ0v) is 10.6. The van der Waals surface area contributed by atoms with E-state index in [4.69, 9.17) is 5.11 Å².